The number of hydrogen-bond donors (Lipinski definition) is 1. The van der Waals surface area contributed by atoms with Gasteiger partial charge in [-0.2, -0.15) is 0 Å². The van der Waals surface area contributed by atoms with Gasteiger partial charge in [0.2, 0.25) is 21.8 Å². The first-order valence-corrected chi connectivity index (χ1v) is 15.5. The minimum absolute atomic E-state index is 0.0372. The highest BCUT2D eigenvalue weighted by molar-refractivity contribution is 7.92. The number of carbonyl (C=O) groups is 2. The third kappa shape index (κ3) is 8.57. The molecule has 40 heavy (non-hydrogen) atoms. The normalized spacial score (nSPS) is 12.2. The van der Waals surface area contributed by atoms with Crippen molar-refractivity contribution in [3.8, 4) is 0 Å². The van der Waals surface area contributed by atoms with E-state index >= 15 is 0 Å². The molecular weight excluding hydrogens is 546 g/mol. The quantitative estimate of drug-likeness (QED) is 0.320. The number of sulfonamides is 1. The molecule has 214 valence electrons. The van der Waals surface area contributed by atoms with Crippen LogP contribution in [0.2, 0.25) is 5.02 Å². The van der Waals surface area contributed by atoms with Crippen LogP contribution in [0.3, 0.4) is 0 Å². The Kier molecular flexibility index (Phi) is 10.8. The number of nitrogens with one attached hydrogen (secondary N) is 1. The summed E-state index contributed by atoms with van der Waals surface area (Å²) in [6, 6.07) is 21.1. The molecule has 0 aliphatic rings. The van der Waals surface area contributed by atoms with E-state index in [9.17, 15) is 18.0 Å². The maximum absolute atomic E-state index is 14.2. The largest absolute Gasteiger partial charge is 0.354 e. The number of hydrogen-bond acceptors (Lipinski definition) is 4. The summed E-state index contributed by atoms with van der Waals surface area (Å²) in [6.07, 6.45) is 1.33. The molecular formula is C31H38ClN3O4S. The molecule has 0 fully saturated rings. The fraction of sp³-hybridized carbons (Fsp3) is 0.355. The Morgan fingerprint density at radius 3 is 2.23 bits per heavy atom. The van der Waals surface area contributed by atoms with Crippen molar-refractivity contribution in [2.24, 2.45) is 5.92 Å². The Labute approximate surface area is 243 Å². The van der Waals surface area contributed by atoms with Gasteiger partial charge in [0.15, 0.2) is 0 Å². The molecule has 0 bridgehead atoms. The molecule has 3 rings (SSSR count). The Balaban J connectivity index is 2.08. The van der Waals surface area contributed by atoms with Crippen molar-refractivity contribution in [1.29, 1.82) is 0 Å². The van der Waals surface area contributed by atoms with Crippen molar-refractivity contribution in [2.45, 2.75) is 46.7 Å². The zero-order chi connectivity index (χ0) is 29.4. The minimum Gasteiger partial charge on any atom is -0.354 e. The predicted molar refractivity (Wildman–Crippen MR) is 162 cm³/mol. The molecule has 0 aliphatic carbocycles. The van der Waals surface area contributed by atoms with Gasteiger partial charge in [-0.1, -0.05) is 86.1 Å². The van der Waals surface area contributed by atoms with Gasteiger partial charge in [0.25, 0.3) is 0 Å². The predicted octanol–water partition coefficient (Wildman–Crippen LogP) is 5.14. The van der Waals surface area contributed by atoms with Gasteiger partial charge in [-0.25, -0.2) is 8.42 Å². The highest BCUT2D eigenvalue weighted by Gasteiger charge is 2.33. The van der Waals surface area contributed by atoms with E-state index in [0.29, 0.717) is 22.8 Å². The van der Waals surface area contributed by atoms with E-state index in [2.05, 4.69) is 5.32 Å². The number of nitrogens with zero attached hydrogens (tertiary/aromatic N) is 2. The van der Waals surface area contributed by atoms with E-state index in [1.54, 1.807) is 31.2 Å². The van der Waals surface area contributed by atoms with E-state index < -0.39 is 28.5 Å². The Morgan fingerprint density at radius 2 is 1.60 bits per heavy atom. The molecule has 9 heteroatoms. The topological polar surface area (TPSA) is 86.8 Å². The van der Waals surface area contributed by atoms with Crippen molar-refractivity contribution >= 4 is 39.1 Å². The van der Waals surface area contributed by atoms with Gasteiger partial charge in [-0.15, -0.1) is 0 Å². The smallest absolute Gasteiger partial charge is 0.244 e. The van der Waals surface area contributed by atoms with E-state index in [4.69, 9.17) is 11.6 Å². The standard InChI is InChI=1S/C31H38ClN3O4S/c1-22(2)19-33-31(37)29(18-25-11-7-6-8-12-25)34(20-26-13-9-10-14-27(26)32)30(36)21-35(40(5,38)39)28-17-23(3)15-16-24(28)4/h6-17,22,29H,18-21H2,1-5H3,(H,33,37). The Hall–Kier alpha value is -3.36. The number of rotatable bonds is 12. The molecule has 1 unspecified atom stereocenters. The lowest BCUT2D eigenvalue weighted by atomic mass is 10.0. The molecule has 7 nitrogen and oxygen atoms in total. The number of aryl methyl sites for hydroxylation is 2. The molecule has 1 atom stereocenters. The molecule has 2 amide bonds. The summed E-state index contributed by atoms with van der Waals surface area (Å²) < 4.78 is 27.1. The summed E-state index contributed by atoms with van der Waals surface area (Å²) in [5.41, 5.74) is 3.54. The van der Waals surface area contributed by atoms with Crippen LogP contribution in [-0.2, 0) is 32.6 Å². The van der Waals surface area contributed by atoms with Crippen LogP contribution in [0, 0.1) is 19.8 Å². The zero-order valence-corrected chi connectivity index (χ0v) is 25.3. The molecule has 3 aromatic rings. The third-order valence-corrected chi connectivity index (χ3v) is 8.06. The average Bonchev–Trinajstić information content (AvgIpc) is 2.90. The molecule has 0 aromatic heterocycles. The maximum Gasteiger partial charge on any atom is 0.244 e. The second kappa shape index (κ2) is 13.8. The van der Waals surface area contributed by atoms with Crippen LogP contribution in [0.4, 0.5) is 5.69 Å². The van der Waals surface area contributed by atoms with Crippen molar-refractivity contribution in [3.63, 3.8) is 0 Å². The van der Waals surface area contributed by atoms with Gasteiger partial charge >= 0.3 is 0 Å². The minimum atomic E-state index is -3.83. The summed E-state index contributed by atoms with van der Waals surface area (Å²) in [5.74, 6) is -0.610. The molecule has 1 N–H and O–H groups in total. The van der Waals surface area contributed by atoms with E-state index in [1.807, 2.05) is 69.3 Å². The lowest BCUT2D eigenvalue weighted by Gasteiger charge is -2.34. The Morgan fingerprint density at radius 1 is 0.950 bits per heavy atom. The second-order valence-corrected chi connectivity index (χ2v) is 12.8. The maximum atomic E-state index is 14.2. The molecule has 0 aliphatic heterocycles. The lowest BCUT2D eigenvalue weighted by molar-refractivity contribution is -0.140. The van der Waals surface area contributed by atoms with Crippen molar-refractivity contribution in [1.82, 2.24) is 10.2 Å². The summed E-state index contributed by atoms with van der Waals surface area (Å²) in [6.45, 7) is 7.67. The zero-order valence-electron chi connectivity index (χ0n) is 23.7. The molecule has 0 heterocycles. The monoisotopic (exact) mass is 583 g/mol. The van der Waals surface area contributed by atoms with E-state index in [1.165, 1.54) is 4.90 Å². The first kappa shape index (κ1) is 31.2. The van der Waals surface area contributed by atoms with Gasteiger partial charge in [-0.05, 0) is 54.2 Å². The van der Waals surface area contributed by atoms with Gasteiger partial charge in [0.1, 0.15) is 12.6 Å². The number of benzene rings is 3. The van der Waals surface area contributed by atoms with Gasteiger partial charge in [0.05, 0.1) is 11.9 Å². The molecule has 0 saturated heterocycles. The first-order chi connectivity index (χ1) is 18.9. The molecule has 3 aromatic carbocycles. The highest BCUT2D eigenvalue weighted by Crippen LogP contribution is 2.26. The van der Waals surface area contributed by atoms with Crippen LogP contribution in [0.1, 0.15) is 36.1 Å². The van der Waals surface area contributed by atoms with Crippen molar-refractivity contribution in [2.75, 3.05) is 23.7 Å². The van der Waals surface area contributed by atoms with Gasteiger partial charge < -0.3 is 10.2 Å². The molecule has 0 radical (unpaired) electrons. The van der Waals surface area contributed by atoms with Crippen LogP contribution in [0.5, 0.6) is 0 Å². The van der Waals surface area contributed by atoms with Crippen LogP contribution in [-0.4, -0.2) is 50.5 Å². The van der Waals surface area contributed by atoms with Crippen LogP contribution in [0.25, 0.3) is 0 Å². The van der Waals surface area contributed by atoms with Crippen LogP contribution >= 0.6 is 11.6 Å². The Bertz CT molecular complexity index is 1430. The summed E-state index contributed by atoms with van der Waals surface area (Å²) in [4.78, 5) is 29.3. The number of carbonyl (C=O) groups excluding carboxylic acids is 2. The molecule has 0 spiro atoms. The third-order valence-electron chi connectivity index (χ3n) is 6.57. The fourth-order valence-electron chi connectivity index (χ4n) is 4.37. The lowest BCUT2D eigenvalue weighted by Crippen LogP contribution is -2.53. The van der Waals surface area contributed by atoms with Gasteiger partial charge in [-0.3, -0.25) is 13.9 Å². The number of anilines is 1. The number of amides is 2. The summed E-state index contributed by atoms with van der Waals surface area (Å²) >= 11 is 6.49. The second-order valence-electron chi connectivity index (χ2n) is 10.5. The van der Waals surface area contributed by atoms with Crippen LogP contribution < -0.4 is 9.62 Å². The van der Waals surface area contributed by atoms with E-state index in [0.717, 1.165) is 27.3 Å². The van der Waals surface area contributed by atoms with Gasteiger partial charge in [0, 0.05) is 24.5 Å². The highest BCUT2D eigenvalue weighted by atomic mass is 35.5. The average molecular weight is 584 g/mol. The summed E-state index contributed by atoms with van der Waals surface area (Å²) in [5, 5.41) is 3.43. The van der Waals surface area contributed by atoms with E-state index in [-0.39, 0.29) is 24.8 Å². The first-order valence-electron chi connectivity index (χ1n) is 13.3. The summed E-state index contributed by atoms with van der Waals surface area (Å²) in [7, 11) is -3.83. The SMILES string of the molecule is Cc1ccc(C)c(N(CC(=O)N(Cc2ccccc2Cl)C(Cc2ccccc2)C(=O)NCC(C)C)S(C)(=O)=O)c1. The van der Waals surface area contributed by atoms with Crippen molar-refractivity contribution in [3.05, 3.63) is 100 Å². The number of halogens is 1. The fourth-order valence-corrected chi connectivity index (χ4v) is 5.46. The molecule has 0 saturated carbocycles. The van der Waals surface area contributed by atoms with Crippen molar-refractivity contribution < 1.29 is 18.0 Å². The van der Waals surface area contributed by atoms with Crippen LogP contribution in [0.15, 0.2) is 72.8 Å².